The van der Waals surface area contributed by atoms with Crippen molar-refractivity contribution in [2.24, 2.45) is 11.3 Å². The van der Waals surface area contributed by atoms with Gasteiger partial charge >= 0.3 is 6.09 Å². The topological polar surface area (TPSA) is 55.8 Å². The monoisotopic (exact) mass is 301 g/mol. The third kappa shape index (κ3) is 1.88. The van der Waals surface area contributed by atoms with E-state index in [2.05, 4.69) is 0 Å². The highest BCUT2D eigenvalue weighted by Crippen LogP contribution is 2.58. The number of amides is 2. The molecule has 2 amide bonds. The van der Waals surface area contributed by atoms with E-state index in [9.17, 15) is 9.59 Å². The summed E-state index contributed by atoms with van der Waals surface area (Å²) in [5, 5.41) is 0. The standard InChI is InChI=1S/C17H19NO4/c1-16(12-5-3-2-4-6-12)14(19)18(15(20)22-16)10-13-9-17(13)7-8-21-11-17/h2-6,13H,7-11H2,1H3. The summed E-state index contributed by atoms with van der Waals surface area (Å²) in [5.74, 6) is 0.0919. The Labute approximate surface area is 129 Å². The summed E-state index contributed by atoms with van der Waals surface area (Å²) in [5.41, 5.74) is -0.288. The molecule has 0 aromatic heterocycles. The predicted octanol–water partition coefficient (Wildman–Crippen LogP) is 2.31. The maximum atomic E-state index is 12.8. The van der Waals surface area contributed by atoms with Crippen LogP contribution in [0.2, 0.25) is 0 Å². The van der Waals surface area contributed by atoms with Gasteiger partial charge in [-0.15, -0.1) is 0 Å². The van der Waals surface area contributed by atoms with Crippen molar-refractivity contribution in [2.75, 3.05) is 19.8 Å². The predicted molar refractivity (Wildman–Crippen MR) is 78.0 cm³/mol. The normalized spacial score (nSPS) is 37.0. The second-order valence-electron chi connectivity index (χ2n) is 6.75. The molecule has 3 atom stereocenters. The average molecular weight is 301 g/mol. The zero-order valence-electron chi connectivity index (χ0n) is 12.6. The van der Waals surface area contributed by atoms with Gasteiger partial charge in [-0.3, -0.25) is 4.79 Å². The Morgan fingerprint density at radius 2 is 2.05 bits per heavy atom. The van der Waals surface area contributed by atoms with Gasteiger partial charge in [0.15, 0.2) is 0 Å². The van der Waals surface area contributed by atoms with Crippen LogP contribution in [0.3, 0.4) is 0 Å². The van der Waals surface area contributed by atoms with Crippen LogP contribution in [0, 0.1) is 11.3 Å². The van der Waals surface area contributed by atoms with Gasteiger partial charge in [-0.25, -0.2) is 9.69 Å². The van der Waals surface area contributed by atoms with E-state index >= 15 is 0 Å². The molecular weight excluding hydrogens is 282 g/mol. The highest BCUT2D eigenvalue weighted by molar-refractivity contribution is 6.03. The summed E-state index contributed by atoms with van der Waals surface area (Å²) < 4.78 is 10.9. The average Bonchev–Trinajstić information content (AvgIpc) is 2.85. The van der Waals surface area contributed by atoms with E-state index in [1.54, 1.807) is 6.92 Å². The summed E-state index contributed by atoms with van der Waals surface area (Å²) in [7, 11) is 0. The number of nitrogens with zero attached hydrogens (tertiary/aromatic N) is 1. The summed E-state index contributed by atoms with van der Waals surface area (Å²) in [6.07, 6.45) is 1.54. The molecule has 5 heteroatoms. The number of carbonyl (C=O) groups excluding carboxylic acids is 2. The largest absolute Gasteiger partial charge is 0.428 e. The Bertz CT molecular complexity index is 623. The lowest BCUT2D eigenvalue weighted by atomic mass is 9.95. The second-order valence-corrected chi connectivity index (χ2v) is 6.75. The third-order valence-electron chi connectivity index (χ3n) is 5.39. The molecule has 2 aliphatic heterocycles. The van der Waals surface area contributed by atoms with Crippen molar-refractivity contribution in [1.29, 1.82) is 0 Å². The minimum absolute atomic E-state index is 0.201. The molecule has 1 aromatic carbocycles. The number of cyclic esters (lactones) is 1. The molecule has 5 nitrogen and oxygen atoms in total. The number of benzene rings is 1. The summed E-state index contributed by atoms with van der Waals surface area (Å²) in [6, 6.07) is 9.20. The molecular formula is C17H19NO4. The molecule has 22 heavy (non-hydrogen) atoms. The van der Waals surface area contributed by atoms with Gasteiger partial charge in [0.25, 0.3) is 5.91 Å². The molecule has 2 heterocycles. The number of hydrogen-bond donors (Lipinski definition) is 0. The lowest BCUT2D eigenvalue weighted by molar-refractivity contribution is -0.136. The first-order chi connectivity index (χ1) is 10.6. The molecule has 3 aliphatic rings. The maximum Gasteiger partial charge on any atom is 0.418 e. The van der Waals surface area contributed by atoms with Crippen LogP contribution in [-0.2, 0) is 19.9 Å². The van der Waals surface area contributed by atoms with Gasteiger partial charge in [-0.1, -0.05) is 30.3 Å². The Balaban J connectivity index is 1.53. The fourth-order valence-corrected chi connectivity index (χ4v) is 3.73. The van der Waals surface area contributed by atoms with Crippen LogP contribution in [-0.4, -0.2) is 36.7 Å². The molecule has 0 radical (unpaired) electrons. The molecule has 116 valence electrons. The number of rotatable bonds is 3. The highest BCUT2D eigenvalue weighted by atomic mass is 16.6. The molecule has 1 saturated carbocycles. The summed E-state index contributed by atoms with van der Waals surface area (Å²) in [6.45, 7) is 3.66. The van der Waals surface area contributed by atoms with E-state index in [-0.39, 0.29) is 11.3 Å². The van der Waals surface area contributed by atoms with Gasteiger partial charge in [-0.05, 0) is 25.7 Å². The summed E-state index contributed by atoms with van der Waals surface area (Å²) in [4.78, 5) is 26.2. The van der Waals surface area contributed by atoms with E-state index < -0.39 is 11.7 Å². The van der Waals surface area contributed by atoms with E-state index in [1.165, 1.54) is 4.90 Å². The van der Waals surface area contributed by atoms with Gasteiger partial charge < -0.3 is 9.47 Å². The quantitative estimate of drug-likeness (QED) is 0.859. The van der Waals surface area contributed by atoms with Crippen LogP contribution in [0.1, 0.15) is 25.3 Å². The number of carbonyl (C=O) groups is 2. The van der Waals surface area contributed by atoms with Crippen molar-refractivity contribution in [1.82, 2.24) is 4.90 Å². The van der Waals surface area contributed by atoms with Crippen molar-refractivity contribution < 1.29 is 19.1 Å². The minimum atomic E-state index is -1.20. The van der Waals surface area contributed by atoms with Gasteiger partial charge in [0.05, 0.1) is 6.61 Å². The Hall–Kier alpha value is -1.88. The van der Waals surface area contributed by atoms with E-state index in [1.807, 2.05) is 30.3 Å². The SMILES string of the molecule is CC1(c2ccccc2)OC(=O)N(CC2CC23CCOC3)C1=O. The zero-order chi connectivity index (χ0) is 15.4. The molecule has 2 saturated heterocycles. The highest BCUT2D eigenvalue weighted by Gasteiger charge is 2.60. The van der Waals surface area contributed by atoms with Crippen LogP contribution < -0.4 is 0 Å². The molecule has 3 fully saturated rings. The molecule has 3 unspecified atom stereocenters. The molecule has 1 spiro atoms. The van der Waals surface area contributed by atoms with Crippen LogP contribution in [0.5, 0.6) is 0 Å². The third-order valence-corrected chi connectivity index (χ3v) is 5.39. The molecule has 4 rings (SSSR count). The molecule has 0 N–H and O–H groups in total. The van der Waals surface area contributed by atoms with Gasteiger partial charge in [0, 0.05) is 24.1 Å². The lowest BCUT2D eigenvalue weighted by Gasteiger charge is -2.20. The Morgan fingerprint density at radius 3 is 2.73 bits per heavy atom. The van der Waals surface area contributed by atoms with Gasteiger partial charge in [0.1, 0.15) is 0 Å². The minimum Gasteiger partial charge on any atom is -0.428 e. The van der Waals surface area contributed by atoms with Gasteiger partial charge in [-0.2, -0.15) is 0 Å². The van der Waals surface area contributed by atoms with Crippen LogP contribution in [0.4, 0.5) is 4.79 Å². The van der Waals surface area contributed by atoms with Crippen LogP contribution >= 0.6 is 0 Å². The zero-order valence-corrected chi connectivity index (χ0v) is 12.6. The first kappa shape index (κ1) is 13.8. The van der Waals surface area contributed by atoms with Crippen molar-refractivity contribution in [3.05, 3.63) is 35.9 Å². The van der Waals surface area contributed by atoms with Crippen molar-refractivity contribution in [2.45, 2.75) is 25.4 Å². The fraction of sp³-hybridized carbons (Fsp3) is 0.529. The van der Waals surface area contributed by atoms with Crippen molar-refractivity contribution in [3.8, 4) is 0 Å². The van der Waals surface area contributed by atoms with Crippen LogP contribution in [0.15, 0.2) is 30.3 Å². The second kappa shape index (κ2) is 4.56. The van der Waals surface area contributed by atoms with Crippen molar-refractivity contribution in [3.63, 3.8) is 0 Å². The van der Waals surface area contributed by atoms with Crippen LogP contribution in [0.25, 0.3) is 0 Å². The molecule has 0 bridgehead atoms. The van der Waals surface area contributed by atoms with Crippen molar-refractivity contribution >= 4 is 12.0 Å². The number of hydrogen-bond acceptors (Lipinski definition) is 4. The number of imide groups is 1. The smallest absolute Gasteiger partial charge is 0.418 e. The molecule has 1 aliphatic carbocycles. The Morgan fingerprint density at radius 1 is 1.27 bits per heavy atom. The first-order valence-electron chi connectivity index (χ1n) is 7.73. The lowest BCUT2D eigenvalue weighted by Crippen LogP contribution is -2.38. The number of ether oxygens (including phenoxy) is 2. The Kier molecular flexibility index (Phi) is 2.85. The van der Waals surface area contributed by atoms with E-state index in [0.717, 1.165) is 26.1 Å². The van der Waals surface area contributed by atoms with Gasteiger partial charge in [0.2, 0.25) is 5.60 Å². The van der Waals surface area contributed by atoms with E-state index in [4.69, 9.17) is 9.47 Å². The summed E-state index contributed by atoms with van der Waals surface area (Å²) >= 11 is 0. The molecule has 1 aromatic rings. The van der Waals surface area contributed by atoms with E-state index in [0.29, 0.717) is 18.0 Å². The maximum absolute atomic E-state index is 12.8. The fourth-order valence-electron chi connectivity index (χ4n) is 3.73. The first-order valence-corrected chi connectivity index (χ1v) is 7.73.